The number of hydrogen-bond acceptors (Lipinski definition) is 2. The molecule has 0 aromatic rings. The van der Waals surface area contributed by atoms with Crippen LogP contribution in [-0.4, -0.2) is 5.12 Å². The fraction of sp³-hybridized carbons (Fsp3) is 0.600. The van der Waals surface area contributed by atoms with Gasteiger partial charge in [-0.05, 0) is 6.42 Å². The number of hydrogen-bond donors (Lipinski definition) is 1. The van der Waals surface area contributed by atoms with Crippen LogP contribution in [0.2, 0.25) is 0 Å². The summed E-state index contributed by atoms with van der Waals surface area (Å²) in [5.74, 6) is -0.0802. The highest BCUT2D eigenvalue weighted by Gasteiger charge is 2.41. The summed E-state index contributed by atoms with van der Waals surface area (Å²) >= 11 is 3.58. The van der Waals surface area contributed by atoms with E-state index < -0.39 is 0 Å². The van der Waals surface area contributed by atoms with Gasteiger partial charge in [0, 0.05) is 5.92 Å². The molecule has 0 saturated heterocycles. The lowest BCUT2D eigenvalue weighted by Gasteiger charge is -1.78. The third kappa shape index (κ3) is 0.846. The Hall–Kier alpha value is -0.490. The third-order valence-corrected chi connectivity index (χ3v) is 1.61. The Balaban J connectivity index is 2.40. The van der Waals surface area contributed by atoms with Crippen molar-refractivity contribution in [3.8, 4) is 6.07 Å². The lowest BCUT2D eigenvalue weighted by molar-refractivity contribution is -0.112. The summed E-state index contributed by atoms with van der Waals surface area (Å²) in [7, 11) is 0. The van der Waals surface area contributed by atoms with Gasteiger partial charge in [0.05, 0.1) is 12.0 Å². The lowest BCUT2D eigenvalue weighted by Crippen LogP contribution is -1.89. The maximum atomic E-state index is 10.3. The van der Waals surface area contributed by atoms with Crippen molar-refractivity contribution in [3.63, 3.8) is 0 Å². The topological polar surface area (TPSA) is 40.9 Å². The van der Waals surface area contributed by atoms with Crippen LogP contribution < -0.4 is 0 Å². The van der Waals surface area contributed by atoms with Gasteiger partial charge < -0.3 is 0 Å². The van der Waals surface area contributed by atoms with Gasteiger partial charge >= 0.3 is 0 Å². The summed E-state index contributed by atoms with van der Waals surface area (Å²) in [5, 5.41) is 8.05. The summed E-state index contributed by atoms with van der Waals surface area (Å²) in [6.07, 6.45) is 0.721. The highest BCUT2D eigenvalue weighted by atomic mass is 32.1. The molecule has 1 fully saturated rings. The molecule has 0 unspecified atom stereocenters. The number of nitrogens with zero attached hydrogens (tertiary/aromatic N) is 1. The van der Waals surface area contributed by atoms with E-state index in [1.807, 2.05) is 6.07 Å². The van der Waals surface area contributed by atoms with E-state index in [2.05, 4.69) is 12.6 Å². The number of carbonyl (C=O) groups excluding carboxylic acids is 1. The number of carbonyl (C=O) groups is 1. The van der Waals surface area contributed by atoms with Crippen LogP contribution in [0.1, 0.15) is 6.42 Å². The Labute approximate surface area is 52.9 Å². The van der Waals surface area contributed by atoms with E-state index in [1.165, 1.54) is 0 Å². The molecular formula is C5H5NOS. The molecule has 1 aliphatic carbocycles. The maximum Gasteiger partial charge on any atom is 0.190 e. The van der Waals surface area contributed by atoms with E-state index >= 15 is 0 Å². The average Bonchev–Trinajstić information content (AvgIpc) is 2.42. The van der Waals surface area contributed by atoms with Crippen LogP contribution in [0.5, 0.6) is 0 Å². The largest absolute Gasteiger partial charge is 0.287 e. The molecule has 0 radical (unpaired) electrons. The molecule has 42 valence electrons. The molecule has 0 aliphatic heterocycles. The smallest absolute Gasteiger partial charge is 0.190 e. The SMILES string of the molecule is N#C[C@@H]1C[C@@H]1C(=O)S. The first-order valence-electron chi connectivity index (χ1n) is 2.38. The molecule has 8 heavy (non-hydrogen) atoms. The second-order valence-corrected chi connectivity index (χ2v) is 2.36. The number of nitriles is 1. The van der Waals surface area contributed by atoms with Crippen molar-refractivity contribution < 1.29 is 4.79 Å². The molecule has 3 heteroatoms. The number of rotatable bonds is 1. The fourth-order valence-corrected chi connectivity index (χ4v) is 0.896. The standard InChI is InChI=1S/C5H5NOS/c6-2-3-1-4(3)5(7)8/h3-4H,1H2,(H,7,8)/t3-,4-/m0/s1. The van der Waals surface area contributed by atoms with Crippen LogP contribution in [0.4, 0.5) is 0 Å². The Kier molecular flexibility index (Phi) is 1.26. The van der Waals surface area contributed by atoms with Crippen LogP contribution in [-0.2, 0) is 4.79 Å². The van der Waals surface area contributed by atoms with Gasteiger partial charge in [0.1, 0.15) is 0 Å². The third-order valence-electron chi connectivity index (χ3n) is 1.27. The van der Waals surface area contributed by atoms with Gasteiger partial charge in [-0.2, -0.15) is 5.26 Å². The Morgan fingerprint density at radius 1 is 1.88 bits per heavy atom. The predicted octanol–water partition coefficient (Wildman–Crippen LogP) is 0.602. The van der Waals surface area contributed by atoms with E-state index in [4.69, 9.17) is 5.26 Å². The van der Waals surface area contributed by atoms with E-state index in [-0.39, 0.29) is 17.0 Å². The molecule has 0 bridgehead atoms. The number of thiol groups is 1. The van der Waals surface area contributed by atoms with Gasteiger partial charge in [-0.25, -0.2) is 0 Å². The molecule has 2 nitrogen and oxygen atoms in total. The quantitative estimate of drug-likeness (QED) is 0.524. The fourth-order valence-electron chi connectivity index (χ4n) is 0.611. The average molecular weight is 127 g/mol. The molecule has 0 spiro atoms. The van der Waals surface area contributed by atoms with Crippen molar-refractivity contribution >= 4 is 17.7 Å². The molecule has 0 aromatic heterocycles. The van der Waals surface area contributed by atoms with E-state index in [1.54, 1.807) is 0 Å². The molecule has 1 aliphatic rings. The second kappa shape index (κ2) is 1.79. The molecule has 0 aromatic carbocycles. The molecule has 0 N–H and O–H groups in total. The van der Waals surface area contributed by atoms with E-state index in [0.717, 1.165) is 6.42 Å². The summed E-state index contributed by atoms with van der Waals surface area (Å²) in [6.45, 7) is 0. The van der Waals surface area contributed by atoms with Gasteiger partial charge in [0.15, 0.2) is 5.12 Å². The normalized spacial score (nSPS) is 33.5. The van der Waals surface area contributed by atoms with Gasteiger partial charge in [-0.1, -0.05) is 0 Å². The Bertz CT molecular complexity index is 160. The van der Waals surface area contributed by atoms with Crippen LogP contribution in [0, 0.1) is 23.2 Å². The zero-order valence-corrected chi connectivity index (χ0v) is 5.06. The molecular weight excluding hydrogens is 122 g/mol. The van der Waals surface area contributed by atoms with Crippen molar-refractivity contribution in [3.05, 3.63) is 0 Å². The van der Waals surface area contributed by atoms with Crippen LogP contribution in [0.3, 0.4) is 0 Å². The summed E-state index contributed by atoms with van der Waals surface area (Å²) in [5.41, 5.74) is 0. The van der Waals surface area contributed by atoms with Crippen molar-refractivity contribution in [1.29, 1.82) is 5.26 Å². The van der Waals surface area contributed by atoms with Crippen molar-refractivity contribution in [2.75, 3.05) is 0 Å². The maximum absolute atomic E-state index is 10.3. The monoisotopic (exact) mass is 127 g/mol. The van der Waals surface area contributed by atoms with Crippen LogP contribution >= 0.6 is 12.6 Å². The van der Waals surface area contributed by atoms with Crippen molar-refractivity contribution in [2.45, 2.75) is 6.42 Å². The summed E-state index contributed by atoms with van der Waals surface area (Å²) in [4.78, 5) is 10.3. The first kappa shape index (κ1) is 5.64. The van der Waals surface area contributed by atoms with Gasteiger partial charge in [-0.3, -0.25) is 4.79 Å². The first-order chi connectivity index (χ1) is 3.75. The minimum atomic E-state index is -0.142. The molecule has 1 saturated carbocycles. The Morgan fingerprint density at radius 3 is 2.62 bits per heavy atom. The lowest BCUT2D eigenvalue weighted by atomic mass is 10.4. The van der Waals surface area contributed by atoms with Gasteiger partial charge in [0.25, 0.3) is 0 Å². The predicted molar refractivity (Wildman–Crippen MR) is 31.2 cm³/mol. The summed E-state index contributed by atoms with van der Waals surface area (Å²) < 4.78 is 0. The van der Waals surface area contributed by atoms with Crippen molar-refractivity contribution in [2.24, 2.45) is 11.8 Å². The minimum Gasteiger partial charge on any atom is -0.287 e. The summed E-state index contributed by atoms with van der Waals surface area (Å²) in [6, 6.07) is 2.00. The zero-order valence-electron chi connectivity index (χ0n) is 4.16. The zero-order chi connectivity index (χ0) is 6.15. The van der Waals surface area contributed by atoms with Crippen molar-refractivity contribution in [1.82, 2.24) is 0 Å². The van der Waals surface area contributed by atoms with Crippen LogP contribution in [0.25, 0.3) is 0 Å². The first-order valence-corrected chi connectivity index (χ1v) is 2.83. The second-order valence-electron chi connectivity index (χ2n) is 1.92. The van der Waals surface area contributed by atoms with E-state index in [0.29, 0.717) is 0 Å². The highest BCUT2D eigenvalue weighted by Crippen LogP contribution is 2.38. The molecule has 2 atom stereocenters. The van der Waals surface area contributed by atoms with Crippen LogP contribution in [0.15, 0.2) is 0 Å². The van der Waals surface area contributed by atoms with Gasteiger partial charge in [0.2, 0.25) is 0 Å². The Morgan fingerprint density at radius 2 is 2.50 bits per heavy atom. The highest BCUT2D eigenvalue weighted by molar-refractivity contribution is 7.96. The molecule has 1 rings (SSSR count). The molecule has 0 amide bonds. The molecule has 0 heterocycles. The minimum absolute atomic E-state index is 0.0278. The van der Waals surface area contributed by atoms with Gasteiger partial charge in [-0.15, -0.1) is 12.6 Å². The van der Waals surface area contributed by atoms with E-state index in [9.17, 15) is 4.79 Å².